The van der Waals surface area contributed by atoms with E-state index in [1.54, 1.807) is 6.20 Å². The smallest absolute Gasteiger partial charge is 0.225 e. The van der Waals surface area contributed by atoms with Crippen LogP contribution in [-0.4, -0.2) is 42.2 Å². The van der Waals surface area contributed by atoms with E-state index in [0.717, 1.165) is 31.6 Å². The number of carbonyl (C=O) groups is 1. The second-order valence-corrected chi connectivity index (χ2v) is 5.18. The van der Waals surface area contributed by atoms with Gasteiger partial charge in [-0.2, -0.15) is 0 Å². The van der Waals surface area contributed by atoms with Gasteiger partial charge in [0, 0.05) is 25.2 Å². The lowest BCUT2D eigenvalue weighted by Gasteiger charge is -2.26. The molecule has 1 aliphatic rings. The molecule has 2 heterocycles. The molecular weight excluding hydrogens is 268 g/mol. The van der Waals surface area contributed by atoms with Gasteiger partial charge in [-0.3, -0.25) is 4.79 Å². The summed E-state index contributed by atoms with van der Waals surface area (Å²) in [6, 6.07) is 1.84. The van der Waals surface area contributed by atoms with Crippen LogP contribution >= 0.6 is 0 Å². The van der Waals surface area contributed by atoms with E-state index < -0.39 is 0 Å². The zero-order valence-electron chi connectivity index (χ0n) is 12.8. The van der Waals surface area contributed by atoms with Gasteiger partial charge in [0.15, 0.2) is 0 Å². The monoisotopic (exact) mass is 292 g/mol. The van der Waals surface area contributed by atoms with Crippen molar-refractivity contribution in [2.24, 2.45) is 5.92 Å². The van der Waals surface area contributed by atoms with Crippen molar-refractivity contribution in [1.29, 1.82) is 0 Å². The van der Waals surface area contributed by atoms with Gasteiger partial charge >= 0.3 is 0 Å². The number of amides is 1. The molecule has 0 bridgehead atoms. The number of carbonyl (C=O) groups excluding carboxylic acids is 1. The number of ether oxygens (including phenoxy) is 1. The van der Waals surface area contributed by atoms with Gasteiger partial charge in [-0.1, -0.05) is 13.8 Å². The third-order valence-corrected chi connectivity index (χ3v) is 3.79. The summed E-state index contributed by atoms with van der Waals surface area (Å²) < 4.78 is 5.33. The van der Waals surface area contributed by atoms with Gasteiger partial charge in [0.25, 0.3) is 0 Å². The summed E-state index contributed by atoms with van der Waals surface area (Å²) in [6.45, 7) is 7.56. The minimum absolute atomic E-state index is 0.0885. The van der Waals surface area contributed by atoms with Gasteiger partial charge in [0.1, 0.15) is 0 Å². The summed E-state index contributed by atoms with van der Waals surface area (Å²) in [6.07, 6.45) is 3.48. The molecular formula is C15H24N4O2. The SMILES string of the molecule is CCC(CC)C(=O)NCc1ccnc(N2CCOCC2)n1. The van der Waals surface area contributed by atoms with Crippen molar-refractivity contribution in [2.75, 3.05) is 31.2 Å². The number of nitrogens with zero attached hydrogens (tertiary/aromatic N) is 3. The molecule has 0 spiro atoms. The highest BCUT2D eigenvalue weighted by molar-refractivity contribution is 5.78. The molecule has 1 saturated heterocycles. The highest BCUT2D eigenvalue weighted by atomic mass is 16.5. The molecule has 1 aromatic heterocycles. The van der Waals surface area contributed by atoms with E-state index in [1.165, 1.54) is 0 Å². The van der Waals surface area contributed by atoms with Gasteiger partial charge in [-0.25, -0.2) is 9.97 Å². The third-order valence-electron chi connectivity index (χ3n) is 3.79. The molecule has 6 heteroatoms. The molecule has 1 aliphatic heterocycles. The second-order valence-electron chi connectivity index (χ2n) is 5.18. The molecule has 116 valence electrons. The predicted octanol–water partition coefficient (Wildman–Crippen LogP) is 1.37. The standard InChI is InChI=1S/C15H24N4O2/c1-3-12(4-2)14(20)17-11-13-5-6-16-15(18-13)19-7-9-21-10-8-19/h5-6,12H,3-4,7-11H2,1-2H3,(H,17,20). The summed E-state index contributed by atoms with van der Waals surface area (Å²) >= 11 is 0. The van der Waals surface area contributed by atoms with Crippen LogP contribution in [0.1, 0.15) is 32.4 Å². The third kappa shape index (κ3) is 4.39. The highest BCUT2D eigenvalue weighted by Gasteiger charge is 2.16. The topological polar surface area (TPSA) is 67.4 Å². The van der Waals surface area contributed by atoms with Gasteiger partial charge in [0.2, 0.25) is 11.9 Å². The Morgan fingerprint density at radius 2 is 2.10 bits per heavy atom. The van der Waals surface area contributed by atoms with Crippen LogP contribution in [0.25, 0.3) is 0 Å². The van der Waals surface area contributed by atoms with Crippen molar-refractivity contribution >= 4 is 11.9 Å². The van der Waals surface area contributed by atoms with E-state index in [1.807, 2.05) is 19.9 Å². The summed E-state index contributed by atoms with van der Waals surface area (Å²) in [5.74, 6) is 0.907. The molecule has 0 unspecified atom stereocenters. The van der Waals surface area contributed by atoms with Crippen LogP contribution in [0.5, 0.6) is 0 Å². The van der Waals surface area contributed by atoms with Crippen molar-refractivity contribution in [3.63, 3.8) is 0 Å². The fourth-order valence-electron chi connectivity index (χ4n) is 2.38. The first-order valence-electron chi connectivity index (χ1n) is 7.67. The van der Waals surface area contributed by atoms with Crippen molar-refractivity contribution in [3.8, 4) is 0 Å². The predicted molar refractivity (Wildman–Crippen MR) is 81.0 cm³/mol. The maximum Gasteiger partial charge on any atom is 0.225 e. The van der Waals surface area contributed by atoms with E-state index in [2.05, 4.69) is 20.2 Å². The van der Waals surface area contributed by atoms with Gasteiger partial charge in [0.05, 0.1) is 25.5 Å². The Kier molecular flexibility index (Phi) is 5.92. The Bertz CT molecular complexity index is 457. The lowest BCUT2D eigenvalue weighted by atomic mass is 10.0. The Morgan fingerprint density at radius 1 is 1.38 bits per heavy atom. The molecule has 2 rings (SSSR count). The van der Waals surface area contributed by atoms with E-state index in [0.29, 0.717) is 25.7 Å². The lowest BCUT2D eigenvalue weighted by molar-refractivity contribution is -0.125. The van der Waals surface area contributed by atoms with Crippen LogP contribution in [-0.2, 0) is 16.1 Å². The minimum Gasteiger partial charge on any atom is -0.378 e. The van der Waals surface area contributed by atoms with Gasteiger partial charge in [-0.15, -0.1) is 0 Å². The molecule has 1 N–H and O–H groups in total. The Balaban J connectivity index is 1.93. The normalized spacial score (nSPS) is 15.3. The van der Waals surface area contributed by atoms with Crippen LogP contribution < -0.4 is 10.2 Å². The largest absolute Gasteiger partial charge is 0.378 e. The molecule has 0 radical (unpaired) electrons. The summed E-state index contributed by atoms with van der Waals surface area (Å²) in [7, 11) is 0. The van der Waals surface area contributed by atoms with E-state index in [9.17, 15) is 4.79 Å². The van der Waals surface area contributed by atoms with Crippen LogP contribution in [0.2, 0.25) is 0 Å². The number of hydrogen-bond donors (Lipinski definition) is 1. The zero-order valence-corrected chi connectivity index (χ0v) is 12.8. The summed E-state index contributed by atoms with van der Waals surface area (Å²) in [5.41, 5.74) is 0.839. The molecule has 0 aromatic carbocycles. The number of rotatable bonds is 6. The number of hydrogen-bond acceptors (Lipinski definition) is 5. The molecule has 1 amide bonds. The zero-order chi connectivity index (χ0) is 15.1. The maximum atomic E-state index is 12.0. The van der Waals surface area contributed by atoms with Crippen LogP contribution in [0.4, 0.5) is 5.95 Å². The molecule has 1 aromatic rings. The lowest BCUT2D eigenvalue weighted by Crippen LogP contribution is -2.37. The number of aromatic nitrogens is 2. The van der Waals surface area contributed by atoms with Crippen molar-refractivity contribution in [1.82, 2.24) is 15.3 Å². The minimum atomic E-state index is 0.0885. The fraction of sp³-hybridized carbons (Fsp3) is 0.667. The Morgan fingerprint density at radius 3 is 2.76 bits per heavy atom. The van der Waals surface area contributed by atoms with E-state index in [-0.39, 0.29) is 11.8 Å². The van der Waals surface area contributed by atoms with Gasteiger partial charge in [-0.05, 0) is 18.9 Å². The number of anilines is 1. The first kappa shape index (κ1) is 15.7. The molecule has 0 atom stereocenters. The number of morpholine rings is 1. The average Bonchev–Trinajstić information content (AvgIpc) is 2.55. The maximum absolute atomic E-state index is 12.0. The van der Waals surface area contributed by atoms with E-state index in [4.69, 9.17) is 4.74 Å². The average molecular weight is 292 g/mol. The Hall–Kier alpha value is -1.69. The van der Waals surface area contributed by atoms with Crippen LogP contribution in [0.15, 0.2) is 12.3 Å². The molecule has 21 heavy (non-hydrogen) atoms. The highest BCUT2D eigenvalue weighted by Crippen LogP contribution is 2.11. The Labute approximate surface area is 125 Å². The molecule has 6 nitrogen and oxygen atoms in total. The first-order chi connectivity index (χ1) is 10.2. The summed E-state index contributed by atoms with van der Waals surface area (Å²) in [4.78, 5) is 22.9. The van der Waals surface area contributed by atoms with Gasteiger partial charge < -0.3 is 15.0 Å². The quantitative estimate of drug-likeness (QED) is 0.857. The first-order valence-corrected chi connectivity index (χ1v) is 7.67. The van der Waals surface area contributed by atoms with Crippen molar-refractivity contribution in [2.45, 2.75) is 33.2 Å². The molecule has 1 fully saturated rings. The number of nitrogens with one attached hydrogen (secondary N) is 1. The molecule has 0 saturated carbocycles. The van der Waals surface area contributed by atoms with Crippen LogP contribution in [0, 0.1) is 5.92 Å². The second kappa shape index (κ2) is 7.93. The van der Waals surface area contributed by atoms with Crippen molar-refractivity contribution in [3.05, 3.63) is 18.0 Å². The summed E-state index contributed by atoms with van der Waals surface area (Å²) in [5, 5.41) is 2.96. The fourth-order valence-corrected chi connectivity index (χ4v) is 2.38. The van der Waals surface area contributed by atoms with E-state index >= 15 is 0 Å². The molecule has 0 aliphatic carbocycles. The van der Waals surface area contributed by atoms with Crippen LogP contribution in [0.3, 0.4) is 0 Å². The van der Waals surface area contributed by atoms with Crippen molar-refractivity contribution < 1.29 is 9.53 Å².